The maximum atomic E-state index is 13.0. The van der Waals surface area contributed by atoms with Crippen LogP contribution in [0.2, 0.25) is 0 Å². The minimum Gasteiger partial charge on any atom is -0.481 e. The average molecular weight is 472 g/mol. The maximum absolute atomic E-state index is 13.0. The Bertz CT molecular complexity index is 1250. The first kappa shape index (κ1) is 22.6. The van der Waals surface area contributed by atoms with E-state index >= 15 is 0 Å². The molecule has 35 heavy (non-hydrogen) atoms. The van der Waals surface area contributed by atoms with Gasteiger partial charge in [-0.05, 0) is 46.7 Å². The van der Waals surface area contributed by atoms with E-state index < -0.39 is 12.1 Å². The molecule has 2 aromatic carbocycles. The molecule has 1 atom stereocenters. The van der Waals surface area contributed by atoms with Crippen LogP contribution >= 0.6 is 0 Å². The number of carbonyl (C=O) groups is 3. The van der Waals surface area contributed by atoms with E-state index in [4.69, 9.17) is 9.84 Å². The van der Waals surface area contributed by atoms with Crippen molar-refractivity contribution in [2.75, 3.05) is 25.0 Å². The van der Waals surface area contributed by atoms with Crippen molar-refractivity contribution >= 4 is 23.7 Å². The molecule has 1 saturated heterocycles. The van der Waals surface area contributed by atoms with Crippen molar-refractivity contribution < 1.29 is 24.2 Å². The number of amides is 2. The van der Waals surface area contributed by atoms with Crippen molar-refractivity contribution in [3.8, 4) is 11.1 Å². The van der Waals surface area contributed by atoms with Gasteiger partial charge in [0.1, 0.15) is 6.61 Å². The highest BCUT2D eigenvalue weighted by Gasteiger charge is 2.31. The zero-order valence-corrected chi connectivity index (χ0v) is 19.0. The summed E-state index contributed by atoms with van der Waals surface area (Å²) in [7, 11) is 0. The number of likely N-dealkylation sites (tertiary alicyclic amines) is 1. The van der Waals surface area contributed by atoms with Gasteiger partial charge in [-0.2, -0.15) is 0 Å². The zero-order valence-electron chi connectivity index (χ0n) is 19.0. The molecule has 0 bridgehead atoms. The Morgan fingerprint density at radius 3 is 2.37 bits per heavy atom. The lowest BCUT2D eigenvalue weighted by Gasteiger charge is -2.18. The fourth-order valence-electron chi connectivity index (χ4n) is 5.00. The summed E-state index contributed by atoms with van der Waals surface area (Å²) in [4.78, 5) is 42.5. The second-order valence-corrected chi connectivity index (χ2v) is 8.85. The largest absolute Gasteiger partial charge is 0.481 e. The highest BCUT2D eigenvalue weighted by Crippen LogP contribution is 2.44. The van der Waals surface area contributed by atoms with Crippen LogP contribution in [0, 0.1) is 5.92 Å². The van der Waals surface area contributed by atoms with Crippen LogP contribution in [0.3, 0.4) is 0 Å². The molecule has 2 aliphatic rings. The zero-order chi connectivity index (χ0) is 24.4. The topological polar surface area (TPSA) is 109 Å². The number of carboxylic acids is 1. The molecule has 8 nitrogen and oxygen atoms in total. The normalized spacial score (nSPS) is 16.5. The quantitative estimate of drug-likeness (QED) is 0.552. The van der Waals surface area contributed by atoms with Gasteiger partial charge < -0.3 is 14.7 Å². The van der Waals surface area contributed by atoms with Crippen molar-refractivity contribution in [2.45, 2.75) is 18.8 Å². The minimum atomic E-state index is -0.875. The molecule has 1 aromatic heterocycles. The van der Waals surface area contributed by atoms with Gasteiger partial charge in [0.15, 0.2) is 5.69 Å². The molecule has 178 valence electrons. The van der Waals surface area contributed by atoms with E-state index in [1.54, 1.807) is 17.0 Å². The number of aliphatic carboxylic acids is 1. The first-order valence-electron chi connectivity index (χ1n) is 11.6. The molecule has 2 N–H and O–H groups in total. The lowest BCUT2D eigenvalue weighted by Crippen LogP contribution is -2.31. The molecule has 0 radical (unpaired) electrons. The van der Waals surface area contributed by atoms with Gasteiger partial charge >= 0.3 is 12.1 Å². The second-order valence-electron chi connectivity index (χ2n) is 8.85. The van der Waals surface area contributed by atoms with Gasteiger partial charge in [-0.15, -0.1) is 0 Å². The number of nitrogens with zero attached hydrogens (tertiary/aromatic N) is 2. The third-order valence-corrected chi connectivity index (χ3v) is 6.63. The molecular weight excluding hydrogens is 446 g/mol. The maximum Gasteiger partial charge on any atom is 0.411 e. The third-order valence-electron chi connectivity index (χ3n) is 6.63. The first-order valence-corrected chi connectivity index (χ1v) is 11.6. The van der Waals surface area contributed by atoms with Crippen molar-refractivity contribution in [3.63, 3.8) is 0 Å². The summed E-state index contributed by atoms with van der Waals surface area (Å²) in [5, 5.41) is 11.7. The van der Waals surface area contributed by atoms with Crippen molar-refractivity contribution in [1.29, 1.82) is 0 Å². The molecule has 0 saturated carbocycles. The van der Waals surface area contributed by atoms with Gasteiger partial charge in [-0.3, -0.25) is 14.9 Å². The molecule has 1 aliphatic carbocycles. The number of nitrogens with one attached hydrogen (secondary N) is 1. The van der Waals surface area contributed by atoms with Gasteiger partial charge in [-0.1, -0.05) is 48.5 Å². The summed E-state index contributed by atoms with van der Waals surface area (Å²) < 4.78 is 5.60. The molecule has 1 unspecified atom stereocenters. The van der Waals surface area contributed by atoms with E-state index in [2.05, 4.69) is 22.4 Å². The smallest absolute Gasteiger partial charge is 0.411 e. The number of benzene rings is 2. The van der Waals surface area contributed by atoms with E-state index in [1.165, 1.54) is 6.20 Å². The van der Waals surface area contributed by atoms with E-state index in [0.717, 1.165) is 22.3 Å². The summed E-state index contributed by atoms with van der Waals surface area (Å²) in [5.74, 6) is -1.37. The van der Waals surface area contributed by atoms with Crippen LogP contribution in [0.25, 0.3) is 11.1 Å². The van der Waals surface area contributed by atoms with E-state index in [9.17, 15) is 14.4 Å². The van der Waals surface area contributed by atoms with E-state index in [-0.39, 0.29) is 42.2 Å². The summed E-state index contributed by atoms with van der Waals surface area (Å²) >= 11 is 0. The molecule has 0 spiro atoms. The highest BCUT2D eigenvalue weighted by molar-refractivity contribution is 6.01. The van der Waals surface area contributed by atoms with Crippen LogP contribution in [0.5, 0.6) is 0 Å². The molecular formula is C27H25N3O5. The summed E-state index contributed by atoms with van der Waals surface area (Å²) in [6, 6.07) is 19.4. The molecule has 1 fully saturated rings. The van der Waals surface area contributed by atoms with Crippen LogP contribution in [0.4, 0.5) is 10.5 Å². The van der Waals surface area contributed by atoms with Gasteiger partial charge in [0.25, 0.3) is 5.91 Å². The predicted octanol–water partition coefficient (Wildman–Crippen LogP) is 4.38. The standard InChI is InChI=1S/C27H25N3O5/c31-24(32)14-17-11-13-30(15-17)26(33)25-23(10-5-12-28-25)29-27(34)35-16-22-20-8-3-1-6-18(20)19-7-2-4-9-21(19)22/h1-10,12,17,22H,11,13-16H2,(H,29,34)(H,31,32). The Morgan fingerprint density at radius 2 is 1.69 bits per heavy atom. The average Bonchev–Trinajstić information content (AvgIpc) is 3.45. The van der Waals surface area contributed by atoms with Crippen LogP contribution in [0.1, 0.15) is 40.4 Å². The lowest BCUT2D eigenvalue weighted by atomic mass is 9.98. The number of carbonyl (C=O) groups excluding carboxylic acids is 2. The Kier molecular flexibility index (Phi) is 6.18. The van der Waals surface area contributed by atoms with Crippen molar-refractivity contribution in [3.05, 3.63) is 83.7 Å². The Labute approximate surface area is 202 Å². The SMILES string of the molecule is O=C(O)CC1CCN(C(=O)c2ncccc2NC(=O)OCC2c3ccccc3-c3ccccc32)C1. The van der Waals surface area contributed by atoms with E-state index in [0.29, 0.717) is 19.5 Å². The first-order chi connectivity index (χ1) is 17.0. The molecule has 5 rings (SSSR count). The Balaban J connectivity index is 1.26. The van der Waals surface area contributed by atoms with Crippen LogP contribution in [0.15, 0.2) is 66.9 Å². The lowest BCUT2D eigenvalue weighted by molar-refractivity contribution is -0.138. The number of pyridine rings is 1. The minimum absolute atomic E-state index is 0.0247. The Hall–Kier alpha value is -4.20. The number of rotatable bonds is 6. The number of aromatic nitrogens is 1. The number of hydrogen-bond donors (Lipinski definition) is 2. The van der Waals surface area contributed by atoms with Crippen LogP contribution in [-0.2, 0) is 9.53 Å². The van der Waals surface area contributed by atoms with Gasteiger partial charge in [-0.25, -0.2) is 9.78 Å². The third kappa shape index (κ3) is 4.59. The van der Waals surface area contributed by atoms with Gasteiger partial charge in [0.05, 0.1) is 5.69 Å². The molecule has 8 heteroatoms. The molecule has 2 amide bonds. The highest BCUT2D eigenvalue weighted by atomic mass is 16.5. The molecule has 2 heterocycles. The predicted molar refractivity (Wildman–Crippen MR) is 129 cm³/mol. The molecule has 3 aromatic rings. The fraction of sp³-hybridized carbons (Fsp3) is 0.259. The summed E-state index contributed by atoms with van der Waals surface area (Å²) in [5.41, 5.74) is 4.88. The van der Waals surface area contributed by atoms with Crippen molar-refractivity contribution in [1.82, 2.24) is 9.88 Å². The summed E-state index contributed by atoms with van der Waals surface area (Å²) in [6.07, 6.45) is 1.47. The van der Waals surface area contributed by atoms with E-state index in [1.807, 2.05) is 36.4 Å². The second kappa shape index (κ2) is 9.58. The number of carboxylic acid groups (broad SMARTS) is 1. The Morgan fingerprint density at radius 1 is 1.00 bits per heavy atom. The number of anilines is 1. The number of fused-ring (bicyclic) bond motifs is 3. The monoisotopic (exact) mass is 471 g/mol. The number of ether oxygens (including phenoxy) is 1. The van der Waals surface area contributed by atoms with Crippen LogP contribution in [-0.4, -0.2) is 52.7 Å². The van der Waals surface area contributed by atoms with Gasteiger partial charge in [0, 0.05) is 31.6 Å². The molecule has 1 aliphatic heterocycles. The van der Waals surface area contributed by atoms with Gasteiger partial charge in [0.2, 0.25) is 0 Å². The number of hydrogen-bond acceptors (Lipinski definition) is 5. The van der Waals surface area contributed by atoms with Crippen molar-refractivity contribution in [2.24, 2.45) is 5.92 Å². The van der Waals surface area contributed by atoms with Crippen LogP contribution < -0.4 is 5.32 Å². The fourth-order valence-corrected chi connectivity index (χ4v) is 5.00. The summed E-state index contributed by atoms with van der Waals surface area (Å²) in [6.45, 7) is 0.968.